The molecule has 0 atom stereocenters. The Morgan fingerprint density at radius 2 is 1.72 bits per heavy atom. The lowest BCUT2D eigenvalue weighted by atomic mass is 10.2. The fourth-order valence-corrected chi connectivity index (χ4v) is 3.54. The first kappa shape index (κ1) is 19.3. The van der Waals surface area contributed by atoms with Gasteiger partial charge >= 0.3 is 5.69 Å². The summed E-state index contributed by atoms with van der Waals surface area (Å²) >= 11 is 3.35. The van der Waals surface area contributed by atoms with Crippen molar-refractivity contribution in [1.82, 2.24) is 24.1 Å². The zero-order chi connectivity index (χ0) is 20.5. The lowest BCUT2D eigenvalue weighted by Crippen LogP contribution is -2.24. The van der Waals surface area contributed by atoms with Crippen LogP contribution < -0.4 is 5.69 Å². The molecule has 0 unspecified atom stereocenters. The lowest BCUT2D eigenvalue weighted by Gasteiger charge is -2.06. The van der Waals surface area contributed by atoms with E-state index in [0.717, 1.165) is 28.0 Å². The molecule has 0 radical (unpaired) electrons. The Balaban J connectivity index is 1.56. The molecule has 4 rings (SSSR count). The van der Waals surface area contributed by atoms with Crippen molar-refractivity contribution in [2.75, 3.05) is 0 Å². The van der Waals surface area contributed by atoms with Gasteiger partial charge in [-0.3, -0.25) is 9.25 Å². The summed E-state index contributed by atoms with van der Waals surface area (Å²) in [5.74, 6) is -1.40. The van der Waals surface area contributed by atoms with Crippen LogP contribution in [0, 0.1) is 18.6 Å². The first-order valence-corrected chi connectivity index (χ1v) is 9.58. The SMILES string of the molecule is Cc1cc(Br)nn1Cc1ccc(-n2ncn(Cc3c(F)cccc3F)c2=O)cc1. The van der Waals surface area contributed by atoms with E-state index in [1.54, 1.807) is 12.1 Å². The second-order valence-electron chi connectivity index (χ2n) is 6.59. The van der Waals surface area contributed by atoms with Crippen molar-refractivity contribution in [3.63, 3.8) is 0 Å². The van der Waals surface area contributed by atoms with Crippen molar-refractivity contribution in [3.8, 4) is 5.69 Å². The van der Waals surface area contributed by atoms with E-state index in [1.807, 2.05) is 29.8 Å². The molecule has 6 nitrogen and oxygen atoms in total. The van der Waals surface area contributed by atoms with E-state index in [2.05, 4.69) is 26.1 Å². The minimum atomic E-state index is -0.699. The molecule has 2 aromatic carbocycles. The number of aryl methyl sites for hydroxylation is 1. The van der Waals surface area contributed by atoms with Gasteiger partial charge in [0.1, 0.15) is 22.6 Å². The molecule has 2 aromatic heterocycles. The molecule has 0 saturated heterocycles. The van der Waals surface area contributed by atoms with Crippen LogP contribution in [0.15, 0.2) is 64.3 Å². The van der Waals surface area contributed by atoms with E-state index in [1.165, 1.54) is 21.6 Å². The van der Waals surface area contributed by atoms with Gasteiger partial charge in [0.05, 0.1) is 18.8 Å². The van der Waals surface area contributed by atoms with Gasteiger partial charge in [0.15, 0.2) is 0 Å². The van der Waals surface area contributed by atoms with Gasteiger partial charge in [-0.15, -0.1) is 0 Å². The van der Waals surface area contributed by atoms with Crippen LogP contribution in [0.3, 0.4) is 0 Å². The average Bonchev–Trinajstić information content (AvgIpc) is 3.20. The summed E-state index contributed by atoms with van der Waals surface area (Å²) in [5.41, 5.74) is 1.94. The first-order chi connectivity index (χ1) is 13.9. The largest absolute Gasteiger partial charge is 0.350 e. The summed E-state index contributed by atoms with van der Waals surface area (Å²) in [5, 5.41) is 8.43. The van der Waals surface area contributed by atoms with Crippen LogP contribution >= 0.6 is 15.9 Å². The fraction of sp³-hybridized carbons (Fsp3) is 0.150. The summed E-state index contributed by atoms with van der Waals surface area (Å²) in [6, 6.07) is 12.8. The molecule has 0 saturated carbocycles. The maximum atomic E-state index is 13.9. The molecular weight excluding hydrogens is 444 g/mol. The summed E-state index contributed by atoms with van der Waals surface area (Å²) in [6.07, 6.45) is 1.27. The highest BCUT2D eigenvalue weighted by Gasteiger charge is 2.13. The molecule has 29 heavy (non-hydrogen) atoms. The minimum Gasteiger partial charge on any atom is -0.276 e. The Morgan fingerprint density at radius 3 is 2.34 bits per heavy atom. The maximum Gasteiger partial charge on any atom is 0.350 e. The average molecular weight is 460 g/mol. The van der Waals surface area contributed by atoms with Gasteiger partial charge in [0.2, 0.25) is 0 Å². The Morgan fingerprint density at radius 1 is 1.03 bits per heavy atom. The lowest BCUT2D eigenvalue weighted by molar-refractivity contribution is 0.541. The molecule has 0 aliphatic rings. The zero-order valence-electron chi connectivity index (χ0n) is 15.4. The standard InChI is InChI=1S/C20H16BrF2N5O/c1-13-9-19(21)25-27(13)10-14-5-7-15(8-6-14)28-20(29)26(12-24-28)11-16-17(22)3-2-4-18(16)23/h2-9,12H,10-11H2,1H3. The van der Waals surface area contributed by atoms with Crippen LogP contribution in [0.5, 0.6) is 0 Å². The van der Waals surface area contributed by atoms with Crippen LogP contribution in [-0.4, -0.2) is 24.1 Å². The second-order valence-corrected chi connectivity index (χ2v) is 7.40. The molecule has 0 bridgehead atoms. The highest BCUT2D eigenvalue weighted by molar-refractivity contribution is 9.10. The number of benzene rings is 2. The molecule has 0 aliphatic heterocycles. The van der Waals surface area contributed by atoms with Gasteiger partial charge < -0.3 is 0 Å². The molecule has 0 aliphatic carbocycles. The molecule has 9 heteroatoms. The van der Waals surface area contributed by atoms with Crippen LogP contribution in [0.25, 0.3) is 5.69 Å². The summed E-state index contributed by atoms with van der Waals surface area (Å²) in [7, 11) is 0. The van der Waals surface area contributed by atoms with Gasteiger partial charge in [-0.25, -0.2) is 13.6 Å². The van der Waals surface area contributed by atoms with Crippen LogP contribution in [0.4, 0.5) is 8.78 Å². The van der Waals surface area contributed by atoms with Crippen LogP contribution in [0.2, 0.25) is 0 Å². The Bertz CT molecular complexity index is 1210. The minimum absolute atomic E-state index is 0.176. The van der Waals surface area contributed by atoms with E-state index in [9.17, 15) is 13.6 Å². The predicted octanol–water partition coefficient (Wildman–Crippen LogP) is 3.68. The predicted molar refractivity (Wildman–Crippen MR) is 107 cm³/mol. The van der Waals surface area contributed by atoms with Crippen molar-refractivity contribution in [2.24, 2.45) is 0 Å². The summed E-state index contributed by atoms with van der Waals surface area (Å²) in [4.78, 5) is 12.6. The van der Waals surface area contributed by atoms with E-state index in [4.69, 9.17) is 0 Å². The summed E-state index contributed by atoms with van der Waals surface area (Å²) < 4.78 is 32.7. The van der Waals surface area contributed by atoms with Gasteiger partial charge in [0.25, 0.3) is 0 Å². The normalized spacial score (nSPS) is 11.2. The second kappa shape index (κ2) is 7.75. The van der Waals surface area contributed by atoms with E-state index < -0.39 is 17.3 Å². The van der Waals surface area contributed by atoms with E-state index in [0.29, 0.717) is 12.2 Å². The molecule has 0 spiro atoms. The third kappa shape index (κ3) is 3.91. The molecule has 0 fully saturated rings. The van der Waals surface area contributed by atoms with Gasteiger partial charge in [-0.2, -0.15) is 14.9 Å². The van der Waals surface area contributed by atoms with Crippen LogP contribution in [0.1, 0.15) is 16.8 Å². The third-order valence-electron chi connectivity index (χ3n) is 4.59. The highest BCUT2D eigenvalue weighted by Crippen LogP contribution is 2.15. The number of hydrogen-bond donors (Lipinski definition) is 0. The number of hydrogen-bond acceptors (Lipinski definition) is 3. The zero-order valence-corrected chi connectivity index (χ0v) is 17.0. The van der Waals surface area contributed by atoms with E-state index >= 15 is 0 Å². The van der Waals surface area contributed by atoms with Crippen molar-refractivity contribution in [3.05, 3.63) is 98.4 Å². The third-order valence-corrected chi connectivity index (χ3v) is 4.98. The fourth-order valence-electron chi connectivity index (χ4n) is 3.02. The van der Waals surface area contributed by atoms with Gasteiger partial charge in [-0.05, 0) is 58.7 Å². The van der Waals surface area contributed by atoms with Crippen molar-refractivity contribution < 1.29 is 8.78 Å². The number of nitrogens with zero attached hydrogens (tertiary/aromatic N) is 5. The topological polar surface area (TPSA) is 57.6 Å². The van der Waals surface area contributed by atoms with E-state index in [-0.39, 0.29) is 12.1 Å². The number of rotatable bonds is 5. The monoisotopic (exact) mass is 459 g/mol. The molecule has 2 heterocycles. The molecule has 0 amide bonds. The molecule has 4 aromatic rings. The Hall–Kier alpha value is -3.07. The van der Waals surface area contributed by atoms with Gasteiger partial charge in [0, 0.05) is 11.3 Å². The maximum absolute atomic E-state index is 13.9. The quantitative estimate of drug-likeness (QED) is 0.457. The van der Waals surface area contributed by atoms with Crippen molar-refractivity contribution >= 4 is 15.9 Å². The Kier molecular flexibility index (Phi) is 5.14. The van der Waals surface area contributed by atoms with Gasteiger partial charge in [-0.1, -0.05) is 18.2 Å². The number of halogens is 3. The van der Waals surface area contributed by atoms with Crippen molar-refractivity contribution in [2.45, 2.75) is 20.0 Å². The van der Waals surface area contributed by atoms with Crippen LogP contribution in [-0.2, 0) is 13.1 Å². The first-order valence-electron chi connectivity index (χ1n) is 8.79. The molecule has 0 N–H and O–H groups in total. The highest BCUT2D eigenvalue weighted by atomic mass is 79.9. The molecular formula is C20H16BrF2N5O. The smallest absolute Gasteiger partial charge is 0.276 e. The molecule has 148 valence electrons. The number of aromatic nitrogens is 5. The van der Waals surface area contributed by atoms with Crippen molar-refractivity contribution in [1.29, 1.82) is 0 Å². The summed E-state index contributed by atoms with van der Waals surface area (Å²) in [6.45, 7) is 2.33. The Labute approximate surface area is 173 Å².